The Morgan fingerprint density at radius 3 is 2.93 bits per heavy atom. The number of aldehydes is 1. The average molecular weight is 192 g/mol. The van der Waals surface area contributed by atoms with Crippen LogP contribution in [0.5, 0.6) is 0 Å². The molecule has 0 aliphatic heterocycles. The lowest BCUT2D eigenvalue weighted by Crippen LogP contribution is -1.83. The molecule has 0 spiro atoms. The third-order valence-corrected chi connectivity index (χ3v) is 2.21. The van der Waals surface area contributed by atoms with Crippen LogP contribution in [0.3, 0.4) is 0 Å². The molecular formula is C11H9FO2. The van der Waals surface area contributed by atoms with Gasteiger partial charge < -0.3 is 4.42 Å². The predicted octanol–water partition coefficient (Wildman–Crippen LogP) is 2.95. The lowest BCUT2D eigenvalue weighted by molar-refractivity contribution is 0.112. The summed E-state index contributed by atoms with van der Waals surface area (Å²) in [6.45, 7) is 1.89. The van der Waals surface area contributed by atoms with E-state index in [9.17, 15) is 9.18 Å². The second kappa shape index (κ2) is 3.25. The van der Waals surface area contributed by atoms with Crippen LogP contribution in [0.2, 0.25) is 0 Å². The maximum Gasteiger partial charge on any atom is 0.154 e. The van der Waals surface area contributed by atoms with Gasteiger partial charge in [-0.2, -0.15) is 0 Å². The van der Waals surface area contributed by atoms with Crippen LogP contribution in [0.25, 0.3) is 11.0 Å². The lowest BCUT2D eigenvalue weighted by atomic mass is 10.1. The molecule has 3 heteroatoms. The highest BCUT2D eigenvalue weighted by Crippen LogP contribution is 2.25. The van der Waals surface area contributed by atoms with Crippen molar-refractivity contribution in [3.05, 3.63) is 35.3 Å². The number of fused-ring (bicyclic) bond motifs is 1. The summed E-state index contributed by atoms with van der Waals surface area (Å²) in [6.07, 6.45) is 1.38. The van der Waals surface area contributed by atoms with Crippen LogP contribution in [0.1, 0.15) is 23.0 Å². The highest BCUT2D eigenvalue weighted by atomic mass is 19.1. The van der Waals surface area contributed by atoms with Crippen molar-refractivity contribution in [1.82, 2.24) is 0 Å². The smallest absolute Gasteiger partial charge is 0.154 e. The van der Waals surface area contributed by atoms with Crippen LogP contribution in [0, 0.1) is 5.82 Å². The molecule has 72 valence electrons. The zero-order chi connectivity index (χ0) is 10.1. The zero-order valence-corrected chi connectivity index (χ0v) is 7.71. The Kier molecular flexibility index (Phi) is 2.08. The van der Waals surface area contributed by atoms with Crippen molar-refractivity contribution in [2.45, 2.75) is 13.3 Å². The monoisotopic (exact) mass is 192 g/mol. The molecule has 2 rings (SSSR count). The summed E-state index contributed by atoms with van der Waals surface area (Å²) in [6, 6.07) is 4.18. The molecule has 0 bridgehead atoms. The summed E-state index contributed by atoms with van der Waals surface area (Å²) in [5.41, 5.74) is 0.964. The molecule has 1 aromatic carbocycles. The molecule has 2 nitrogen and oxygen atoms in total. The van der Waals surface area contributed by atoms with Crippen molar-refractivity contribution in [2.24, 2.45) is 0 Å². The lowest BCUT2D eigenvalue weighted by Gasteiger charge is -1.88. The van der Waals surface area contributed by atoms with Gasteiger partial charge in [0.15, 0.2) is 6.29 Å². The quantitative estimate of drug-likeness (QED) is 0.685. The van der Waals surface area contributed by atoms with Gasteiger partial charge in [0.1, 0.15) is 17.2 Å². The van der Waals surface area contributed by atoms with Gasteiger partial charge in [-0.25, -0.2) is 4.39 Å². The summed E-state index contributed by atoms with van der Waals surface area (Å²) < 4.78 is 18.2. The number of rotatable bonds is 2. The summed E-state index contributed by atoms with van der Waals surface area (Å²) >= 11 is 0. The first-order chi connectivity index (χ1) is 6.76. The Bertz CT molecular complexity index is 485. The van der Waals surface area contributed by atoms with E-state index in [4.69, 9.17) is 4.42 Å². The number of carbonyl (C=O) groups excluding carboxylic acids is 1. The summed E-state index contributed by atoms with van der Waals surface area (Å²) in [4.78, 5) is 10.8. The fourth-order valence-corrected chi connectivity index (χ4v) is 1.53. The van der Waals surface area contributed by atoms with E-state index in [1.165, 1.54) is 12.1 Å². The fourth-order valence-electron chi connectivity index (χ4n) is 1.53. The molecule has 0 amide bonds. The van der Waals surface area contributed by atoms with Gasteiger partial charge in [0.05, 0.1) is 5.56 Å². The molecule has 0 aliphatic carbocycles. The number of benzene rings is 1. The average Bonchev–Trinajstić information content (AvgIpc) is 2.54. The van der Waals surface area contributed by atoms with Gasteiger partial charge in [0.2, 0.25) is 0 Å². The van der Waals surface area contributed by atoms with Gasteiger partial charge in [0.25, 0.3) is 0 Å². The number of hydrogen-bond acceptors (Lipinski definition) is 2. The maximum atomic E-state index is 12.8. The summed E-state index contributed by atoms with van der Waals surface area (Å²) in [5, 5.41) is 0.679. The molecular weight excluding hydrogens is 183 g/mol. The Morgan fingerprint density at radius 2 is 2.29 bits per heavy atom. The molecule has 0 radical (unpaired) electrons. The van der Waals surface area contributed by atoms with Crippen molar-refractivity contribution in [2.75, 3.05) is 0 Å². The van der Waals surface area contributed by atoms with Crippen LogP contribution in [-0.2, 0) is 6.42 Å². The molecule has 0 saturated heterocycles. The number of aryl methyl sites for hydroxylation is 1. The molecule has 0 fully saturated rings. The minimum atomic E-state index is -0.355. The second-order valence-corrected chi connectivity index (χ2v) is 3.05. The van der Waals surface area contributed by atoms with E-state index < -0.39 is 0 Å². The van der Waals surface area contributed by atoms with Gasteiger partial charge in [-0.05, 0) is 12.1 Å². The topological polar surface area (TPSA) is 30.2 Å². The first-order valence-electron chi connectivity index (χ1n) is 4.42. The number of halogens is 1. The SMILES string of the molecule is CCc1oc2cc(F)ccc2c1C=O. The fraction of sp³-hybridized carbons (Fsp3) is 0.182. The number of furan rings is 1. The molecule has 0 unspecified atom stereocenters. The largest absolute Gasteiger partial charge is 0.460 e. The Hall–Kier alpha value is -1.64. The van der Waals surface area contributed by atoms with E-state index in [1.54, 1.807) is 6.07 Å². The highest BCUT2D eigenvalue weighted by molar-refractivity contribution is 5.97. The second-order valence-electron chi connectivity index (χ2n) is 3.05. The van der Waals surface area contributed by atoms with Crippen molar-refractivity contribution < 1.29 is 13.6 Å². The molecule has 0 atom stereocenters. The van der Waals surface area contributed by atoms with Crippen molar-refractivity contribution >= 4 is 17.3 Å². The predicted molar refractivity (Wildman–Crippen MR) is 50.9 cm³/mol. The molecule has 2 aromatic rings. The molecule has 0 aliphatic rings. The van der Waals surface area contributed by atoms with Gasteiger partial charge in [-0.3, -0.25) is 4.79 Å². The van der Waals surface area contributed by atoms with Crippen molar-refractivity contribution in [3.63, 3.8) is 0 Å². The minimum absolute atomic E-state index is 0.355. The maximum absolute atomic E-state index is 12.8. The minimum Gasteiger partial charge on any atom is -0.460 e. The van der Waals surface area contributed by atoms with Crippen molar-refractivity contribution in [1.29, 1.82) is 0 Å². The van der Waals surface area contributed by atoms with Gasteiger partial charge in [-0.15, -0.1) is 0 Å². The molecule has 0 saturated carbocycles. The number of hydrogen-bond donors (Lipinski definition) is 0. The van der Waals surface area contributed by atoms with Crippen LogP contribution < -0.4 is 0 Å². The van der Waals surface area contributed by atoms with Crippen LogP contribution >= 0.6 is 0 Å². The third-order valence-electron chi connectivity index (χ3n) is 2.21. The molecule has 0 N–H and O–H groups in total. The molecule has 1 heterocycles. The Balaban J connectivity index is 2.79. The van der Waals surface area contributed by atoms with E-state index >= 15 is 0 Å². The van der Waals surface area contributed by atoms with Crippen LogP contribution in [-0.4, -0.2) is 6.29 Å². The molecule has 1 aromatic heterocycles. The zero-order valence-electron chi connectivity index (χ0n) is 7.71. The van der Waals surface area contributed by atoms with E-state index in [-0.39, 0.29) is 5.82 Å². The Morgan fingerprint density at radius 1 is 1.50 bits per heavy atom. The van der Waals surface area contributed by atoms with Gasteiger partial charge in [0, 0.05) is 17.9 Å². The standard InChI is InChI=1S/C11H9FO2/c1-2-10-9(6-13)8-4-3-7(12)5-11(8)14-10/h3-6H,2H2,1H3. The van der Waals surface area contributed by atoms with Crippen LogP contribution in [0.15, 0.2) is 22.6 Å². The summed E-state index contributed by atoms with van der Waals surface area (Å²) in [7, 11) is 0. The van der Waals surface area contributed by atoms with E-state index in [0.717, 1.165) is 6.29 Å². The number of carbonyl (C=O) groups is 1. The Labute approximate surface area is 80.3 Å². The first-order valence-corrected chi connectivity index (χ1v) is 4.42. The third kappa shape index (κ3) is 1.21. The molecule has 14 heavy (non-hydrogen) atoms. The van der Waals surface area contributed by atoms with E-state index in [2.05, 4.69) is 0 Å². The van der Waals surface area contributed by atoms with Gasteiger partial charge >= 0.3 is 0 Å². The van der Waals surface area contributed by atoms with Crippen molar-refractivity contribution in [3.8, 4) is 0 Å². The summed E-state index contributed by atoms with van der Waals surface area (Å²) in [5.74, 6) is 0.256. The van der Waals surface area contributed by atoms with E-state index in [1.807, 2.05) is 6.92 Å². The highest BCUT2D eigenvalue weighted by Gasteiger charge is 2.11. The van der Waals surface area contributed by atoms with Crippen LogP contribution in [0.4, 0.5) is 4.39 Å². The first kappa shape index (κ1) is 8.94. The normalized spacial score (nSPS) is 10.7. The van der Waals surface area contributed by atoms with E-state index in [0.29, 0.717) is 28.7 Å². The van der Waals surface area contributed by atoms with Gasteiger partial charge in [-0.1, -0.05) is 6.92 Å².